The van der Waals surface area contributed by atoms with Crippen molar-refractivity contribution in [3.05, 3.63) is 0 Å². The fourth-order valence-corrected chi connectivity index (χ4v) is 1.31. The summed E-state index contributed by atoms with van der Waals surface area (Å²) in [6, 6.07) is 0. The van der Waals surface area contributed by atoms with Gasteiger partial charge in [0, 0.05) is 12.5 Å². The average Bonchev–Trinajstić information content (AvgIpc) is 1.98. The van der Waals surface area contributed by atoms with E-state index in [0.717, 1.165) is 0 Å². The molecule has 0 rings (SSSR count). The van der Waals surface area contributed by atoms with E-state index in [1.165, 1.54) is 6.92 Å². The van der Waals surface area contributed by atoms with Gasteiger partial charge in [-0.2, -0.15) is 0 Å². The van der Waals surface area contributed by atoms with E-state index in [9.17, 15) is 9.90 Å². The minimum absolute atomic E-state index is 0.00130. The van der Waals surface area contributed by atoms with Crippen LogP contribution >= 0.6 is 0 Å². The smallest absolute Gasteiger partial charge is 0.133 e. The number of aliphatic hydroxyl groups is 2. The lowest BCUT2D eigenvalue weighted by molar-refractivity contribution is -0.124. The summed E-state index contributed by atoms with van der Waals surface area (Å²) in [6.07, 6.45) is -0.0491. The Kier molecular flexibility index (Phi) is 5.09. The van der Waals surface area contributed by atoms with E-state index in [0.29, 0.717) is 6.42 Å². The third-order valence-electron chi connectivity index (χ3n) is 2.36. The number of ketones is 1. The van der Waals surface area contributed by atoms with Crippen LogP contribution in [0, 0.1) is 11.8 Å². The minimum Gasteiger partial charge on any atom is -0.396 e. The van der Waals surface area contributed by atoms with Crippen molar-refractivity contribution >= 4 is 5.78 Å². The molecular weight excluding hydrogens is 156 g/mol. The van der Waals surface area contributed by atoms with Crippen LogP contribution in [0.4, 0.5) is 0 Å². The number of carbonyl (C=O) groups is 1. The largest absolute Gasteiger partial charge is 0.396 e. The van der Waals surface area contributed by atoms with E-state index in [1.807, 2.05) is 6.92 Å². The molecule has 3 unspecified atom stereocenters. The molecule has 0 fully saturated rings. The van der Waals surface area contributed by atoms with E-state index in [4.69, 9.17) is 5.11 Å². The molecule has 72 valence electrons. The van der Waals surface area contributed by atoms with Gasteiger partial charge in [0.1, 0.15) is 5.78 Å². The molecular formula is C9H18O3. The normalized spacial score (nSPS) is 18.4. The molecule has 0 spiro atoms. The third-order valence-corrected chi connectivity index (χ3v) is 2.36. The van der Waals surface area contributed by atoms with Gasteiger partial charge in [-0.25, -0.2) is 0 Å². The van der Waals surface area contributed by atoms with Gasteiger partial charge in [0.2, 0.25) is 0 Å². The zero-order chi connectivity index (χ0) is 9.72. The minimum atomic E-state index is -0.495. The summed E-state index contributed by atoms with van der Waals surface area (Å²) in [6.45, 7) is 4.99. The molecule has 3 atom stereocenters. The van der Waals surface area contributed by atoms with Crippen LogP contribution in [-0.4, -0.2) is 28.7 Å². The van der Waals surface area contributed by atoms with Crippen LogP contribution in [0.15, 0.2) is 0 Å². The highest BCUT2D eigenvalue weighted by molar-refractivity contribution is 5.78. The van der Waals surface area contributed by atoms with Crippen LogP contribution in [0.3, 0.4) is 0 Å². The maximum Gasteiger partial charge on any atom is 0.133 e. The number of hydrogen-bond acceptors (Lipinski definition) is 3. The molecule has 0 aliphatic heterocycles. The second-order valence-corrected chi connectivity index (χ2v) is 3.33. The predicted molar refractivity (Wildman–Crippen MR) is 46.7 cm³/mol. The molecule has 0 heterocycles. The van der Waals surface area contributed by atoms with Gasteiger partial charge >= 0.3 is 0 Å². The molecule has 0 aromatic heterocycles. The zero-order valence-corrected chi connectivity index (χ0v) is 7.95. The highest BCUT2D eigenvalue weighted by Gasteiger charge is 2.24. The number of rotatable bonds is 5. The Hall–Kier alpha value is -0.410. The van der Waals surface area contributed by atoms with Gasteiger partial charge in [-0.15, -0.1) is 0 Å². The van der Waals surface area contributed by atoms with E-state index in [-0.39, 0.29) is 24.2 Å². The SMILES string of the molecule is CC(=O)C(CCO)C(C)C(C)O. The number of Topliss-reactive ketones (excluding diaryl/α,β-unsaturated/α-hetero) is 1. The summed E-state index contributed by atoms with van der Waals surface area (Å²) in [7, 11) is 0. The Labute approximate surface area is 73.4 Å². The van der Waals surface area contributed by atoms with E-state index in [1.54, 1.807) is 6.92 Å². The maximum atomic E-state index is 11.1. The topological polar surface area (TPSA) is 57.5 Å². The zero-order valence-electron chi connectivity index (χ0n) is 7.95. The molecule has 0 aliphatic carbocycles. The van der Waals surface area contributed by atoms with Gasteiger partial charge in [0.25, 0.3) is 0 Å². The number of carbonyl (C=O) groups excluding carboxylic acids is 1. The average molecular weight is 174 g/mol. The molecule has 0 saturated carbocycles. The van der Waals surface area contributed by atoms with Crippen LogP contribution in [0.25, 0.3) is 0 Å². The van der Waals surface area contributed by atoms with Crippen LogP contribution in [0.2, 0.25) is 0 Å². The second kappa shape index (κ2) is 5.27. The van der Waals surface area contributed by atoms with E-state index < -0.39 is 6.10 Å². The first-order chi connectivity index (χ1) is 5.50. The molecule has 12 heavy (non-hydrogen) atoms. The first-order valence-electron chi connectivity index (χ1n) is 4.30. The Morgan fingerprint density at radius 3 is 2.17 bits per heavy atom. The second-order valence-electron chi connectivity index (χ2n) is 3.33. The third kappa shape index (κ3) is 3.32. The van der Waals surface area contributed by atoms with Crippen molar-refractivity contribution in [1.82, 2.24) is 0 Å². The predicted octanol–water partition coefficient (Wildman–Crippen LogP) is 0.591. The molecule has 3 heteroatoms. The molecule has 0 aromatic carbocycles. The van der Waals surface area contributed by atoms with Crippen molar-refractivity contribution in [2.45, 2.75) is 33.3 Å². The van der Waals surface area contributed by atoms with Crippen molar-refractivity contribution in [2.24, 2.45) is 11.8 Å². The van der Waals surface area contributed by atoms with Crippen molar-refractivity contribution in [3.8, 4) is 0 Å². The van der Waals surface area contributed by atoms with Crippen molar-refractivity contribution in [1.29, 1.82) is 0 Å². The Morgan fingerprint density at radius 1 is 1.42 bits per heavy atom. The van der Waals surface area contributed by atoms with Gasteiger partial charge in [-0.05, 0) is 26.2 Å². The Bertz CT molecular complexity index is 143. The van der Waals surface area contributed by atoms with Gasteiger partial charge in [0.05, 0.1) is 6.10 Å². The van der Waals surface area contributed by atoms with Gasteiger partial charge < -0.3 is 10.2 Å². The molecule has 0 radical (unpaired) electrons. The summed E-state index contributed by atoms with van der Waals surface area (Å²) in [4.78, 5) is 11.1. The summed E-state index contributed by atoms with van der Waals surface area (Å²) in [5.74, 6) is -0.248. The molecule has 3 nitrogen and oxygen atoms in total. The van der Waals surface area contributed by atoms with Crippen molar-refractivity contribution in [2.75, 3.05) is 6.61 Å². The summed E-state index contributed by atoms with van der Waals surface area (Å²) in [5, 5.41) is 17.9. The summed E-state index contributed by atoms with van der Waals surface area (Å²) in [5.41, 5.74) is 0. The molecule has 0 amide bonds. The monoisotopic (exact) mass is 174 g/mol. The van der Waals surface area contributed by atoms with Crippen molar-refractivity contribution in [3.63, 3.8) is 0 Å². The van der Waals surface area contributed by atoms with Crippen LogP contribution < -0.4 is 0 Å². The van der Waals surface area contributed by atoms with Gasteiger partial charge in [-0.1, -0.05) is 6.92 Å². The Balaban J connectivity index is 4.18. The van der Waals surface area contributed by atoms with Crippen LogP contribution in [0.1, 0.15) is 27.2 Å². The molecule has 2 N–H and O–H groups in total. The van der Waals surface area contributed by atoms with Crippen LogP contribution in [0.5, 0.6) is 0 Å². The molecule has 0 saturated heterocycles. The van der Waals surface area contributed by atoms with Gasteiger partial charge in [0.15, 0.2) is 0 Å². The standard InChI is InChI=1S/C9H18O3/c1-6(7(2)11)9(4-5-10)8(3)12/h6-7,9-11H,4-5H2,1-3H3. The lowest BCUT2D eigenvalue weighted by atomic mass is 9.85. The van der Waals surface area contributed by atoms with E-state index in [2.05, 4.69) is 0 Å². The first-order valence-corrected chi connectivity index (χ1v) is 4.30. The highest BCUT2D eigenvalue weighted by Crippen LogP contribution is 2.19. The number of aliphatic hydroxyl groups excluding tert-OH is 2. The maximum absolute atomic E-state index is 11.1. The fourth-order valence-electron chi connectivity index (χ4n) is 1.31. The summed E-state index contributed by atoms with van der Waals surface area (Å²) < 4.78 is 0. The van der Waals surface area contributed by atoms with Gasteiger partial charge in [-0.3, -0.25) is 4.79 Å². The number of hydrogen-bond donors (Lipinski definition) is 2. The quantitative estimate of drug-likeness (QED) is 0.641. The Morgan fingerprint density at radius 2 is 1.92 bits per heavy atom. The first kappa shape index (κ1) is 11.6. The lowest BCUT2D eigenvalue weighted by Crippen LogP contribution is -2.28. The molecule has 0 aliphatic rings. The lowest BCUT2D eigenvalue weighted by Gasteiger charge is -2.22. The van der Waals surface area contributed by atoms with E-state index >= 15 is 0 Å². The fraction of sp³-hybridized carbons (Fsp3) is 0.889. The van der Waals surface area contributed by atoms with Crippen molar-refractivity contribution < 1.29 is 15.0 Å². The van der Waals surface area contributed by atoms with Crippen LogP contribution in [-0.2, 0) is 4.79 Å². The highest BCUT2D eigenvalue weighted by atomic mass is 16.3. The summed E-state index contributed by atoms with van der Waals surface area (Å²) >= 11 is 0. The molecule has 0 aromatic rings. The molecule has 0 bridgehead atoms.